The molecule has 3 nitrogen and oxygen atoms in total. The van der Waals surface area contributed by atoms with E-state index in [1.807, 2.05) is 6.92 Å². The van der Waals surface area contributed by atoms with Crippen LogP contribution in [-0.2, 0) is 0 Å². The Morgan fingerprint density at radius 2 is 1.81 bits per heavy atom. The van der Waals surface area contributed by atoms with E-state index < -0.39 is 0 Å². The number of carbonyl (C=O) groups is 1. The van der Waals surface area contributed by atoms with Crippen molar-refractivity contribution in [1.29, 1.82) is 0 Å². The highest BCUT2D eigenvalue weighted by molar-refractivity contribution is 5.99. The van der Waals surface area contributed by atoms with Crippen molar-refractivity contribution >= 4 is 5.78 Å². The number of Topliss-reactive ketones (excluding diaryl/α,β-unsaturated/α-hetero) is 1. The number of likely N-dealkylation sites (tertiary alicyclic amines) is 1. The summed E-state index contributed by atoms with van der Waals surface area (Å²) in [5.41, 5.74) is 0.678. The number of ketones is 1. The minimum Gasteiger partial charge on any atom is -0.508 e. The Morgan fingerprint density at radius 1 is 1.25 bits per heavy atom. The first-order valence-corrected chi connectivity index (χ1v) is 5.76. The summed E-state index contributed by atoms with van der Waals surface area (Å²) in [5.74, 6) is 0.340. The highest BCUT2D eigenvalue weighted by atomic mass is 16.3. The quantitative estimate of drug-likeness (QED) is 0.791. The number of phenols is 1. The molecule has 1 aliphatic rings. The molecule has 1 aromatic carbocycles. The summed E-state index contributed by atoms with van der Waals surface area (Å²) in [6.45, 7) is 4.00. The van der Waals surface area contributed by atoms with Crippen molar-refractivity contribution in [3.8, 4) is 5.75 Å². The van der Waals surface area contributed by atoms with Gasteiger partial charge in [-0.15, -0.1) is 0 Å². The maximum atomic E-state index is 12.1. The van der Waals surface area contributed by atoms with E-state index in [2.05, 4.69) is 4.90 Å². The van der Waals surface area contributed by atoms with E-state index >= 15 is 0 Å². The minimum atomic E-state index is -0.0490. The zero-order chi connectivity index (χ0) is 11.5. The number of hydrogen-bond donors (Lipinski definition) is 1. The zero-order valence-corrected chi connectivity index (χ0v) is 9.52. The molecule has 1 aliphatic heterocycles. The molecule has 1 saturated heterocycles. The Balaban J connectivity index is 2.08. The predicted molar refractivity (Wildman–Crippen MR) is 62.7 cm³/mol. The molecule has 2 rings (SSSR count). The van der Waals surface area contributed by atoms with Crippen molar-refractivity contribution in [2.45, 2.75) is 25.8 Å². The normalized spacial score (nSPS) is 18.6. The third-order valence-electron chi connectivity index (χ3n) is 3.22. The number of nitrogens with zero attached hydrogens (tertiary/aromatic N) is 1. The Kier molecular flexibility index (Phi) is 3.25. The van der Waals surface area contributed by atoms with Gasteiger partial charge in [-0.3, -0.25) is 9.69 Å². The Hall–Kier alpha value is -1.35. The summed E-state index contributed by atoms with van der Waals surface area (Å²) < 4.78 is 0. The number of hydrogen-bond acceptors (Lipinski definition) is 3. The molecule has 0 amide bonds. The maximum Gasteiger partial charge on any atom is 0.179 e. The summed E-state index contributed by atoms with van der Waals surface area (Å²) in [6.07, 6.45) is 2.38. The molecule has 86 valence electrons. The zero-order valence-electron chi connectivity index (χ0n) is 9.52. The Bertz CT molecular complexity index is 366. The molecule has 1 fully saturated rings. The molecule has 1 N–H and O–H groups in total. The standard InChI is InChI=1S/C13H17NO2/c1-10(14-8-2-3-9-14)13(16)11-4-6-12(15)7-5-11/h4-7,10,15H,2-3,8-9H2,1H3. The molecule has 16 heavy (non-hydrogen) atoms. The van der Waals surface area contributed by atoms with Crippen molar-refractivity contribution in [3.63, 3.8) is 0 Å². The van der Waals surface area contributed by atoms with E-state index in [1.54, 1.807) is 24.3 Å². The molecule has 1 aromatic rings. The van der Waals surface area contributed by atoms with Crippen molar-refractivity contribution in [3.05, 3.63) is 29.8 Å². The third kappa shape index (κ3) is 2.25. The van der Waals surface area contributed by atoms with Gasteiger partial charge in [0, 0.05) is 5.56 Å². The van der Waals surface area contributed by atoms with Gasteiger partial charge in [0.05, 0.1) is 6.04 Å². The fourth-order valence-electron chi connectivity index (χ4n) is 2.16. The fourth-order valence-corrected chi connectivity index (χ4v) is 2.16. The predicted octanol–water partition coefficient (Wildman–Crippen LogP) is 2.06. The average molecular weight is 219 g/mol. The average Bonchev–Trinajstić information content (AvgIpc) is 2.81. The summed E-state index contributed by atoms with van der Waals surface area (Å²) in [5, 5.41) is 9.17. The molecule has 1 heterocycles. The van der Waals surface area contributed by atoms with Crippen LogP contribution in [0.15, 0.2) is 24.3 Å². The Labute approximate surface area is 95.7 Å². The van der Waals surface area contributed by atoms with Gasteiger partial charge in [0.2, 0.25) is 0 Å². The lowest BCUT2D eigenvalue weighted by Crippen LogP contribution is -2.36. The van der Waals surface area contributed by atoms with Gasteiger partial charge < -0.3 is 5.11 Å². The topological polar surface area (TPSA) is 40.5 Å². The second kappa shape index (κ2) is 4.66. The lowest BCUT2D eigenvalue weighted by atomic mass is 10.0. The van der Waals surface area contributed by atoms with Gasteiger partial charge in [-0.2, -0.15) is 0 Å². The summed E-state index contributed by atoms with van der Waals surface area (Å²) in [4.78, 5) is 14.3. The summed E-state index contributed by atoms with van der Waals surface area (Å²) in [6, 6.07) is 6.44. The van der Waals surface area contributed by atoms with Crippen molar-refractivity contribution in [1.82, 2.24) is 4.90 Å². The molecule has 1 atom stereocenters. The van der Waals surface area contributed by atoms with Crippen LogP contribution in [0.4, 0.5) is 0 Å². The van der Waals surface area contributed by atoms with Crippen molar-refractivity contribution in [2.75, 3.05) is 13.1 Å². The molecule has 1 unspecified atom stereocenters. The first-order chi connectivity index (χ1) is 7.68. The number of carbonyl (C=O) groups excluding carboxylic acids is 1. The van der Waals surface area contributed by atoms with E-state index in [9.17, 15) is 4.79 Å². The van der Waals surface area contributed by atoms with Gasteiger partial charge in [0.1, 0.15) is 5.75 Å². The SMILES string of the molecule is CC(C(=O)c1ccc(O)cc1)N1CCCC1. The number of aromatic hydroxyl groups is 1. The van der Waals surface area contributed by atoms with Gasteiger partial charge in [-0.25, -0.2) is 0 Å². The first-order valence-electron chi connectivity index (χ1n) is 5.76. The molecule has 0 bridgehead atoms. The molecule has 0 saturated carbocycles. The van der Waals surface area contributed by atoms with Crippen molar-refractivity contribution in [2.24, 2.45) is 0 Å². The maximum absolute atomic E-state index is 12.1. The van der Waals surface area contributed by atoms with Gasteiger partial charge >= 0.3 is 0 Å². The molecule has 3 heteroatoms. The van der Waals surface area contributed by atoms with Crippen LogP contribution in [0.5, 0.6) is 5.75 Å². The largest absolute Gasteiger partial charge is 0.508 e. The Morgan fingerprint density at radius 3 is 2.38 bits per heavy atom. The van der Waals surface area contributed by atoms with Gasteiger partial charge in [-0.05, 0) is 57.1 Å². The molecule has 0 aliphatic carbocycles. The summed E-state index contributed by atoms with van der Waals surface area (Å²) in [7, 11) is 0. The van der Waals surface area contributed by atoms with Gasteiger partial charge in [0.15, 0.2) is 5.78 Å². The molecule has 0 aromatic heterocycles. The molecule has 0 spiro atoms. The van der Waals surface area contributed by atoms with Crippen LogP contribution in [0.2, 0.25) is 0 Å². The van der Waals surface area contributed by atoms with E-state index in [-0.39, 0.29) is 17.6 Å². The van der Waals surface area contributed by atoms with E-state index in [1.165, 1.54) is 12.8 Å². The van der Waals surface area contributed by atoms with Crippen LogP contribution in [0, 0.1) is 0 Å². The lowest BCUT2D eigenvalue weighted by Gasteiger charge is -2.22. The molecular weight excluding hydrogens is 202 g/mol. The van der Waals surface area contributed by atoms with Crippen LogP contribution >= 0.6 is 0 Å². The smallest absolute Gasteiger partial charge is 0.179 e. The second-order valence-corrected chi connectivity index (χ2v) is 4.33. The number of benzene rings is 1. The van der Waals surface area contributed by atoms with Crippen LogP contribution < -0.4 is 0 Å². The van der Waals surface area contributed by atoms with E-state index in [0.717, 1.165) is 13.1 Å². The first kappa shape index (κ1) is 11.1. The van der Waals surface area contributed by atoms with Crippen LogP contribution in [0.1, 0.15) is 30.1 Å². The molecular formula is C13H17NO2. The van der Waals surface area contributed by atoms with E-state index in [0.29, 0.717) is 5.56 Å². The van der Waals surface area contributed by atoms with Crippen molar-refractivity contribution < 1.29 is 9.90 Å². The van der Waals surface area contributed by atoms with Crippen LogP contribution in [0.3, 0.4) is 0 Å². The third-order valence-corrected chi connectivity index (χ3v) is 3.22. The lowest BCUT2D eigenvalue weighted by molar-refractivity contribution is 0.0867. The highest BCUT2D eigenvalue weighted by Gasteiger charge is 2.24. The fraction of sp³-hybridized carbons (Fsp3) is 0.462. The monoisotopic (exact) mass is 219 g/mol. The minimum absolute atomic E-state index is 0.0490. The van der Waals surface area contributed by atoms with Crippen LogP contribution in [0.25, 0.3) is 0 Å². The number of phenolic OH excluding ortho intramolecular Hbond substituents is 1. The van der Waals surface area contributed by atoms with E-state index in [4.69, 9.17) is 5.11 Å². The van der Waals surface area contributed by atoms with Gasteiger partial charge in [-0.1, -0.05) is 0 Å². The number of rotatable bonds is 3. The summed E-state index contributed by atoms with van der Waals surface area (Å²) >= 11 is 0. The molecule has 0 radical (unpaired) electrons. The van der Waals surface area contributed by atoms with Gasteiger partial charge in [0.25, 0.3) is 0 Å². The van der Waals surface area contributed by atoms with Crippen LogP contribution in [-0.4, -0.2) is 34.9 Å². The second-order valence-electron chi connectivity index (χ2n) is 4.33. The highest BCUT2D eigenvalue weighted by Crippen LogP contribution is 2.17.